The van der Waals surface area contributed by atoms with Crippen LogP contribution in [0.1, 0.15) is 32.1 Å². The number of hydrogen-bond donors (Lipinski definition) is 1. The quantitative estimate of drug-likeness (QED) is 0.756. The molecule has 0 aromatic heterocycles. The van der Waals surface area contributed by atoms with E-state index in [0.29, 0.717) is 10.7 Å². The first-order valence-corrected chi connectivity index (χ1v) is 6.10. The van der Waals surface area contributed by atoms with Crippen molar-refractivity contribution in [1.29, 1.82) is 0 Å². The van der Waals surface area contributed by atoms with Crippen LogP contribution in [-0.2, 0) is 4.79 Å². The van der Waals surface area contributed by atoms with E-state index < -0.39 is 0 Å². The summed E-state index contributed by atoms with van der Waals surface area (Å²) >= 11 is 3.61. The van der Waals surface area contributed by atoms with Crippen LogP contribution < -0.4 is 5.32 Å². The first-order chi connectivity index (χ1) is 6.27. The predicted molar refractivity (Wildman–Crippen MR) is 55.8 cm³/mol. The smallest absolute Gasteiger partial charge is 0.223 e. The van der Waals surface area contributed by atoms with Crippen LogP contribution in [0.5, 0.6) is 0 Å². The van der Waals surface area contributed by atoms with Gasteiger partial charge in [0.25, 0.3) is 0 Å². The number of carbonyl (C=O) groups is 1. The summed E-state index contributed by atoms with van der Waals surface area (Å²) in [5.74, 6) is 1.43. The molecule has 74 valence electrons. The zero-order chi connectivity index (χ0) is 9.26. The van der Waals surface area contributed by atoms with E-state index in [1.807, 2.05) is 0 Å². The van der Waals surface area contributed by atoms with Crippen molar-refractivity contribution in [1.82, 2.24) is 5.32 Å². The van der Waals surface area contributed by atoms with Crippen LogP contribution in [0.3, 0.4) is 0 Å². The van der Waals surface area contributed by atoms with Crippen molar-refractivity contribution in [3.05, 3.63) is 0 Å². The fourth-order valence-corrected chi connectivity index (χ4v) is 2.33. The van der Waals surface area contributed by atoms with E-state index in [1.165, 1.54) is 19.3 Å². The van der Waals surface area contributed by atoms with Gasteiger partial charge in [-0.3, -0.25) is 4.79 Å². The predicted octanol–water partition coefficient (Wildman–Crippen LogP) is 2.08. The van der Waals surface area contributed by atoms with Gasteiger partial charge in [0.05, 0.1) is 0 Å². The minimum Gasteiger partial charge on any atom is -0.355 e. The molecule has 0 bridgehead atoms. The minimum atomic E-state index is 0.274. The normalized spacial score (nSPS) is 25.0. The first-order valence-electron chi connectivity index (χ1n) is 5.19. The Morgan fingerprint density at radius 1 is 1.38 bits per heavy atom. The van der Waals surface area contributed by atoms with Crippen molar-refractivity contribution >= 4 is 21.8 Å². The van der Waals surface area contributed by atoms with Crippen molar-refractivity contribution < 1.29 is 4.79 Å². The maximum Gasteiger partial charge on any atom is 0.223 e. The van der Waals surface area contributed by atoms with E-state index in [0.717, 1.165) is 25.3 Å². The monoisotopic (exact) mass is 245 g/mol. The lowest BCUT2D eigenvalue weighted by molar-refractivity contribution is -0.127. The number of rotatable bonds is 4. The molecule has 0 spiro atoms. The topological polar surface area (TPSA) is 29.1 Å². The molecule has 0 aliphatic heterocycles. The molecule has 2 fully saturated rings. The Kier molecular flexibility index (Phi) is 2.92. The van der Waals surface area contributed by atoms with Gasteiger partial charge < -0.3 is 5.32 Å². The second-order valence-corrected chi connectivity index (χ2v) is 5.40. The van der Waals surface area contributed by atoms with Gasteiger partial charge in [0.15, 0.2) is 0 Å². The second kappa shape index (κ2) is 3.99. The van der Waals surface area contributed by atoms with Gasteiger partial charge in [0, 0.05) is 17.3 Å². The van der Waals surface area contributed by atoms with Crippen LogP contribution in [-0.4, -0.2) is 17.3 Å². The van der Waals surface area contributed by atoms with E-state index in [4.69, 9.17) is 0 Å². The summed E-state index contributed by atoms with van der Waals surface area (Å²) in [4.78, 5) is 12.0. The number of hydrogen-bond acceptors (Lipinski definition) is 1. The van der Waals surface area contributed by atoms with Crippen LogP contribution in [0.15, 0.2) is 0 Å². The largest absolute Gasteiger partial charge is 0.355 e. The van der Waals surface area contributed by atoms with Crippen molar-refractivity contribution in [2.75, 3.05) is 6.54 Å². The Labute approximate surface area is 87.6 Å². The highest BCUT2D eigenvalue weighted by Crippen LogP contribution is 2.36. The van der Waals surface area contributed by atoms with Gasteiger partial charge in [-0.2, -0.15) is 0 Å². The Hall–Kier alpha value is -0.0500. The average Bonchev–Trinajstić information content (AvgIpc) is 2.78. The molecule has 2 aliphatic rings. The van der Waals surface area contributed by atoms with Gasteiger partial charge in [-0.15, -0.1) is 0 Å². The molecular weight excluding hydrogens is 230 g/mol. The van der Waals surface area contributed by atoms with E-state index in [2.05, 4.69) is 21.2 Å². The third-order valence-electron chi connectivity index (χ3n) is 3.08. The SMILES string of the molecule is O=C(NCC(Br)C1CC1)C1CCC1. The Bertz CT molecular complexity index is 199. The lowest BCUT2D eigenvalue weighted by atomic mass is 9.85. The zero-order valence-electron chi connectivity index (χ0n) is 7.76. The lowest BCUT2D eigenvalue weighted by Gasteiger charge is -2.24. The Morgan fingerprint density at radius 2 is 2.08 bits per heavy atom. The highest BCUT2D eigenvalue weighted by molar-refractivity contribution is 9.09. The molecule has 0 aromatic rings. The molecule has 1 unspecified atom stereocenters. The summed E-state index contributed by atoms with van der Waals surface area (Å²) in [5.41, 5.74) is 0. The standard InChI is InChI=1S/C10H16BrNO/c11-9(7-4-5-7)6-12-10(13)8-2-1-3-8/h7-9H,1-6H2,(H,12,13). The van der Waals surface area contributed by atoms with E-state index >= 15 is 0 Å². The maximum absolute atomic E-state index is 11.4. The number of carbonyl (C=O) groups excluding carboxylic acids is 1. The van der Waals surface area contributed by atoms with Crippen LogP contribution in [0.4, 0.5) is 0 Å². The summed E-state index contributed by atoms with van der Waals surface area (Å²) in [6, 6.07) is 0. The van der Waals surface area contributed by atoms with Crippen molar-refractivity contribution in [3.8, 4) is 0 Å². The summed E-state index contributed by atoms with van der Waals surface area (Å²) in [7, 11) is 0. The zero-order valence-corrected chi connectivity index (χ0v) is 9.35. The minimum absolute atomic E-state index is 0.274. The van der Waals surface area contributed by atoms with Gasteiger partial charge in [0.2, 0.25) is 5.91 Å². The molecule has 0 heterocycles. The highest BCUT2D eigenvalue weighted by atomic mass is 79.9. The summed E-state index contributed by atoms with van der Waals surface area (Å²) < 4.78 is 0. The van der Waals surface area contributed by atoms with Crippen molar-refractivity contribution in [2.45, 2.75) is 36.9 Å². The molecule has 1 N–H and O–H groups in total. The molecule has 1 amide bonds. The first kappa shape index (κ1) is 9.50. The number of amides is 1. The van der Waals surface area contributed by atoms with Gasteiger partial charge >= 0.3 is 0 Å². The number of nitrogens with one attached hydrogen (secondary N) is 1. The van der Waals surface area contributed by atoms with Crippen LogP contribution in [0.25, 0.3) is 0 Å². The molecule has 0 aromatic carbocycles. The maximum atomic E-state index is 11.4. The van der Waals surface area contributed by atoms with E-state index in [1.54, 1.807) is 0 Å². The fraction of sp³-hybridized carbons (Fsp3) is 0.900. The average molecular weight is 246 g/mol. The fourth-order valence-electron chi connectivity index (χ4n) is 1.64. The molecule has 2 rings (SSSR count). The number of alkyl halides is 1. The Morgan fingerprint density at radius 3 is 2.54 bits per heavy atom. The Balaban J connectivity index is 1.62. The molecule has 3 heteroatoms. The molecule has 2 saturated carbocycles. The van der Waals surface area contributed by atoms with Crippen LogP contribution in [0, 0.1) is 11.8 Å². The van der Waals surface area contributed by atoms with Gasteiger partial charge in [-0.1, -0.05) is 22.4 Å². The third kappa shape index (κ3) is 2.46. The van der Waals surface area contributed by atoms with Crippen molar-refractivity contribution in [2.24, 2.45) is 11.8 Å². The third-order valence-corrected chi connectivity index (χ3v) is 4.15. The van der Waals surface area contributed by atoms with E-state index in [-0.39, 0.29) is 5.91 Å². The van der Waals surface area contributed by atoms with Crippen molar-refractivity contribution in [3.63, 3.8) is 0 Å². The van der Waals surface area contributed by atoms with Gasteiger partial charge in [-0.25, -0.2) is 0 Å². The molecular formula is C10H16BrNO. The summed E-state index contributed by atoms with van der Waals surface area (Å²) in [6.45, 7) is 0.819. The van der Waals surface area contributed by atoms with Crippen LogP contribution >= 0.6 is 15.9 Å². The number of halogens is 1. The summed E-state index contributed by atoms with van der Waals surface area (Å²) in [6.07, 6.45) is 6.09. The molecule has 0 saturated heterocycles. The molecule has 1 atom stereocenters. The van der Waals surface area contributed by atoms with Gasteiger partial charge in [-0.05, 0) is 31.6 Å². The van der Waals surface area contributed by atoms with Gasteiger partial charge in [0.1, 0.15) is 0 Å². The molecule has 13 heavy (non-hydrogen) atoms. The highest BCUT2D eigenvalue weighted by Gasteiger charge is 2.30. The van der Waals surface area contributed by atoms with Crippen LogP contribution in [0.2, 0.25) is 0 Å². The lowest BCUT2D eigenvalue weighted by Crippen LogP contribution is -2.37. The second-order valence-electron chi connectivity index (χ2n) is 4.23. The van der Waals surface area contributed by atoms with E-state index in [9.17, 15) is 4.79 Å². The molecule has 2 nitrogen and oxygen atoms in total. The molecule has 2 aliphatic carbocycles. The summed E-state index contributed by atoms with van der Waals surface area (Å²) in [5, 5.41) is 3.02. The molecule has 0 radical (unpaired) electrons.